The van der Waals surface area contributed by atoms with Crippen LogP contribution in [-0.4, -0.2) is 28.9 Å². The largest absolute Gasteiger partial charge is 0.478 e. The summed E-state index contributed by atoms with van der Waals surface area (Å²) in [4.78, 5) is 10.9. The number of nitrogens with one attached hydrogen (secondary N) is 1. The number of rotatable bonds is 1. The van der Waals surface area contributed by atoms with E-state index in [9.17, 15) is 4.79 Å². The molecule has 4 unspecified atom stereocenters. The molecule has 16 heavy (non-hydrogen) atoms. The van der Waals surface area contributed by atoms with Gasteiger partial charge in [0, 0.05) is 23.8 Å². The zero-order valence-corrected chi connectivity index (χ0v) is 9.48. The predicted molar refractivity (Wildman–Crippen MR) is 64.1 cm³/mol. The lowest BCUT2D eigenvalue weighted by molar-refractivity contribution is -0.132. The Kier molecular flexibility index (Phi) is 2.41. The van der Waals surface area contributed by atoms with Crippen LogP contribution in [-0.2, 0) is 4.79 Å². The molecule has 1 saturated heterocycles. The predicted octanol–water partition coefficient (Wildman–Crippen LogP) is 1.40. The fourth-order valence-corrected chi connectivity index (χ4v) is 3.75. The molecule has 2 heterocycles. The third kappa shape index (κ3) is 1.53. The molecule has 0 amide bonds. The lowest BCUT2D eigenvalue weighted by atomic mass is 9.84. The molecule has 0 aromatic carbocycles. The van der Waals surface area contributed by atoms with Gasteiger partial charge in [-0.05, 0) is 11.3 Å². The van der Waals surface area contributed by atoms with Gasteiger partial charge in [-0.2, -0.15) is 0 Å². The van der Waals surface area contributed by atoms with Crippen LogP contribution in [0.15, 0.2) is 35.3 Å². The maximum Gasteiger partial charge on any atom is 0.335 e. The van der Waals surface area contributed by atoms with Crippen molar-refractivity contribution in [3.05, 3.63) is 35.3 Å². The van der Waals surface area contributed by atoms with E-state index in [0.29, 0.717) is 29.5 Å². The van der Waals surface area contributed by atoms with Gasteiger partial charge < -0.3 is 10.4 Å². The van der Waals surface area contributed by atoms with E-state index in [1.807, 2.05) is 23.9 Å². The lowest BCUT2D eigenvalue weighted by Crippen LogP contribution is -2.30. The van der Waals surface area contributed by atoms with Gasteiger partial charge in [0.1, 0.15) is 0 Å². The number of fused-ring (bicyclic) bond motifs is 3. The SMILES string of the molecule is O=C(O)C1=CC2C(C=C1)NC1C=CSCC12. The molecular formula is C12H13NO2S. The van der Waals surface area contributed by atoms with E-state index in [-0.39, 0.29) is 0 Å². The van der Waals surface area contributed by atoms with Crippen molar-refractivity contribution in [1.29, 1.82) is 0 Å². The molecule has 0 bridgehead atoms. The molecule has 0 spiro atoms. The van der Waals surface area contributed by atoms with Gasteiger partial charge in [0.15, 0.2) is 0 Å². The van der Waals surface area contributed by atoms with Gasteiger partial charge in [-0.1, -0.05) is 24.3 Å². The Labute approximate surface area is 98.3 Å². The van der Waals surface area contributed by atoms with Crippen LogP contribution >= 0.6 is 11.8 Å². The van der Waals surface area contributed by atoms with Gasteiger partial charge in [-0.15, -0.1) is 11.8 Å². The van der Waals surface area contributed by atoms with E-state index in [2.05, 4.69) is 16.8 Å². The molecule has 0 aromatic rings. The van der Waals surface area contributed by atoms with Gasteiger partial charge >= 0.3 is 5.97 Å². The van der Waals surface area contributed by atoms with Gasteiger partial charge in [0.2, 0.25) is 0 Å². The zero-order valence-electron chi connectivity index (χ0n) is 8.67. The molecule has 0 aromatic heterocycles. The molecule has 1 fully saturated rings. The number of carboxylic acids is 1. The summed E-state index contributed by atoms with van der Waals surface area (Å²) in [6.45, 7) is 0. The summed E-state index contributed by atoms with van der Waals surface area (Å²) in [6.07, 6.45) is 7.82. The Bertz CT molecular complexity index is 413. The van der Waals surface area contributed by atoms with E-state index >= 15 is 0 Å². The zero-order chi connectivity index (χ0) is 11.1. The Morgan fingerprint density at radius 2 is 2.31 bits per heavy atom. The van der Waals surface area contributed by atoms with Crippen molar-refractivity contribution < 1.29 is 9.90 Å². The smallest absolute Gasteiger partial charge is 0.335 e. The number of carbonyl (C=O) groups is 1. The van der Waals surface area contributed by atoms with Crippen LogP contribution in [0, 0.1) is 11.8 Å². The molecular weight excluding hydrogens is 222 g/mol. The maximum atomic E-state index is 10.9. The Hall–Kier alpha value is -1.00. The first-order chi connectivity index (χ1) is 7.75. The average Bonchev–Trinajstić information content (AvgIpc) is 2.66. The standard InChI is InChI=1S/C12H13NO2S/c14-12(15)7-1-2-10-8(5-7)9-6-16-4-3-11(9)13-10/h1-5,8-11,13H,6H2,(H,14,15). The number of carboxylic acid groups (broad SMARTS) is 1. The van der Waals surface area contributed by atoms with Gasteiger partial charge in [0.05, 0.1) is 5.57 Å². The molecule has 0 radical (unpaired) electrons. The van der Waals surface area contributed by atoms with E-state index in [1.54, 1.807) is 6.08 Å². The third-order valence-corrected chi connectivity index (χ3v) is 4.46. The summed E-state index contributed by atoms with van der Waals surface area (Å²) < 4.78 is 0. The van der Waals surface area contributed by atoms with E-state index < -0.39 is 5.97 Å². The molecule has 4 heteroatoms. The molecule has 3 nitrogen and oxygen atoms in total. The second-order valence-electron chi connectivity index (χ2n) is 4.41. The molecule has 0 saturated carbocycles. The van der Waals surface area contributed by atoms with Crippen molar-refractivity contribution in [2.75, 3.05) is 5.75 Å². The topological polar surface area (TPSA) is 49.3 Å². The highest BCUT2D eigenvalue weighted by Crippen LogP contribution is 2.38. The van der Waals surface area contributed by atoms with Gasteiger partial charge in [-0.3, -0.25) is 0 Å². The van der Waals surface area contributed by atoms with E-state index in [4.69, 9.17) is 5.11 Å². The van der Waals surface area contributed by atoms with Crippen molar-refractivity contribution in [2.45, 2.75) is 12.1 Å². The second-order valence-corrected chi connectivity index (χ2v) is 5.35. The minimum Gasteiger partial charge on any atom is -0.478 e. The molecule has 2 N–H and O–H groups in total. The van der Waals surface area contributed by atoms with Crippen LogP contribution in [0.2, 0.25) is 0 Å². The quantitative estimate of drug-likeness (QED) is 0.721. The molecule has 2 aliphatic heterocycles. The van der Waals surface area contributed by atoms with Crippen LogP contribution in [0.1, 0.15) is 0 Å². The first-order valence-electron chi connectivity index (χ1n) is 5.43. The van der Waals surface area contributed by atoms with Crippen molar-refractivity contribution in [2.24, 2.45) is 11.8 Å². The normalized spacial score (nSPS) is 40.1. The first-order valence-corrected chi connectivity index (χ1v) is 6.48. The summed E-state index contributed by atoms with van der Waals surface area (Å²) in [5.74, 6) is 1.11. The highest BCUT2D eigenvalue weighted by molar-refractivity contribution is 8.02. The first kappa shape index (κ1) is 10.2. The number of aliphatic carboxylic acids is 1. The summed E-state index contributed by atoms with van der Waals surface area (Å²) in [6, 6.07) is 0.715. The van der Waals surface area contributed by atoms with Crippen LogP contribution in [0.3, 0.4) is 0 Å². The Balaban J connectivity index is 1.90. The van der Waals surface area contributed by atoms with Gasteiger partial charge in [0.25, 0.3) is 0 Å². The summed E-state index contributed by atoms with van der Waals surface area (Å²) in [5.41, 5.74) is 0.434. The van der Waals surface area contributed by atoms with Crippen molar-refractivity contribution in [3.8, 4) is 0 Å². The van der Waals surface area contributed by atoms with E-state index in [1.165, 1.54) is 0 Å². The van der Waals surface area contributed by atoms with Crippen LogP contribution in [0.5, 0.6) is 0 Å². The fraction of sp³-hybridized carbons (Fsp3) is 0.417. The molecule has 3 aliphatic rings. The Morgan fingerprint density at radius 1 is 1.44 bits per heavy atom. The lowest BCUT2D eigenvalue weighted by Gasteiger charge is -2.24. The van der Waals surface area contributed by atoms with Crippen molar-refractivity contribution in [1.82, 2.24) is 5.32 Å². The molecule has 3 rings (SSSR count). The fourth-order valence-electron chi connectivity index (χ4n) is 2.71. The molecule has 1 aliphatic carbocycles. The monoisotopic (exact) mass is 235 g/mol. The van der Waals surface area contributed by atoms with Crippen LogP contribution < -0.4 is 5.32 Å². The summed E-state index contributed by atoms with van der Waals surface area (Å²) >= 11 is 1.82. The number of hydrogen-bond acceptors (Lipinski definition) is 3. The van der Waals surface area contributed by atoms with Crippen LogP contribution in [0.4, 0.5) is 0 Å². The van der Waals surface area contributed by atoms with Gasteiger partial charge in [-0.25, -0.2) is 4.79 Å². The molecule has 84 valence electrons. The highest BCUT2D eigenvalue weighted by Gasteiger charge is 2.41. The molecule has 4 atom stereocenters. The van der Waals surface area contributed by atoms with Crippen LogP contribution in [0.25, 0.3) is 0 Å². The number of hydrogen-bond donors (Lipinski definition) is 2. The summed E-state index contributed by atoms with van der Waals surface area (Å²) in [5, 5.41) is 14.7. The minimum absolute atomic E-state index is 0.307. The second kappa shape index (κ2) is 3.79. The van der Waals surface area contributed by atoms with Crippen molar-refractivity contribution >= 4 is 17.7 Å². The minimum atomic E-state index is -0.822. The number of thioether (sulfide) groups is 1. The average molecular weight is 235 g/mol. The van der Waals surface area contributed by atoms with E-state index in [0.717, 1.165) is 5.75 Å². The highest BCUT2D eigenvalue weighted by atomic mass is 32.2. The maximum absolute atomic E-state index is 10.9. The third-order valence-electron chi connectivity index (χ3n) is 3.53. The Morgan fingerprint density at radius 3 is 3.12 bits per heavy atom. The summed E-state index contributed by atoms with van der Waals surface area (Å²) in [7, 11) is 0. The van der Waals surface area contributed by atoms with Crippen molar-refractivity contribution in [3.63, 3.8) is 0 Å².